The summed E-state index contributed by atoms with van der Waals surface area (Å²) >= 11 is 0. The van der Waals surface area contributed by atoms with Crippen molar-refractivity contribution in [2.45, 2.75) is 134 Å². The molecule has 2 aromatic heterocycles. The molecule has 24 heteroatoms. The topological polar surface area (TPSA) is 394 Å². The summed E-state index contributed by atoms with van der Waals surface area (Å²) in [5, 5.41) is 23.3. The van der Waals surface area contributed by atoms with Crippen molar-refractivity contribution in [3.05, 3.63) is 36.4 Å². The molecule has 0 unspecified atom stereocenters. The van der Waals surface area contributed by atoms with Crippen LogP contribution in [-0.4, -0.2) is 139 Å². The number of imidazole rings is 2. The van der Waals surface area contributed by atoms with Crippen molar-refractivity contribution < 1.29 is 43.5 Å². The van der Waals surface area contributed by atoms with Crippen LogP contribution in [0, 0.1) is 11.8 Å². The molecule has 1 aliphatic rings. The Labute approximate surface area is 371 Å². The number of primary amides is 1. The Balaban J connectivity index is 1.83. The molecular weight excluding hydrogens is 835 g/mol. The first kappa shape index (κ1) is 51.8. The fourth-order valence-electron chi connectivity index (χ4n) is 7.11. The maximum Gasteiger partial charge on any atom is 0.326 e. The Morgan fingerprint density at radius 1 is 0.750 bits per heavy atom. The molecule has 0 radical (unpaired) electrons. The number of hydrogen-bond donors (Lipinski definition) is 12. The molecule has 64 heavy (non-hydrogen) atoms. The summed E-state index contributed by atoms with van der Waals surface area (Å²) in [6, 6.07) is -8.36. The van der Waals surface area contributed by atoms with E-state index in [0.717, 1.165) is 0 Å². The van der Waals surface area contributed by atoms with Crippen LogP contribution in [0.3, 0.4) is 0 Å². The van der Waals surface area contributed by atoms with Crippen molar-refractivity contribution in [3.8, 4) is 0 Å². The molecule has 7 amide bonds. The van der Waals surface area contributed by atoms with Crippen LogP contribution in [-0.2, 0) is 51.2 Å². The lowest BCUT2D eigenvalue weighted by atomic mass is 9.99. The van der Waals surface area contributed by atoms with Gasteiger partial charge in [0.1, 0.15) is 36.3 Å². The average Bonchev–Trinajstić information content (AvgIpc) is 4.03. The van der Waals surface area contributed by atoms with Crippen molar-refractivity contribution in [3.63, 3.8) is 0 Å². The summed E-state index contributed by atoms with van der Waals surface area (Å²) in [7, 11) is 0. The van der Waals surface area contributed by atoms with Gasteiger partial charge in [0.15, 0.2) is 5.96 Å². The number of H-pyrrole nitrogens is 2. The highest BCUT2D eigenvalue weighted by Crippen LogP contribution is 2.20. The normalized spacial score (nSPS) is 16.4. The number of carboxylic acids is 1. The lowest BCUT2D eigenvalue weighted by Gasteiger charge is -2.30. The van der Waals surface area contributed by atoms with Gasteiger partial charge in [-0.25, -0.2) is 14.8 Å². The molecule has 3 rings (SSSR count). The van der Waals surface area contributed by atoms with Gasteiger partial charge in [-0.2, -0.15) is 0 Å². The SMILES string of the molecule is CC(C)C[C@H](NC(=O)[C@H](CC(C)C)NC(=O)[C@H](CCCN=C(N)N)NC(=O)[C@@H]1CCCN1C(=O)[C@@H](N)CCC(N)=O)C(=O)N[C@@H](Cc1cnc[nH]1)C(=O)N[C@@H](Cc1cnc[nH]1)C(=O)O. The van der Waals surface area contributed by atoms with Crippen molar-refractivity contribution >= 4 is 53.3 Å². The van der Waals surface area contributed by atoms with E-state index in [0.29, 0.717) is 17.8 Å². The van der Waals surface area contributed by atoms with Gasteiger partial charge < -0.3 is 69.5 Å². The van der Waals surface area contributed by atoms with Crippen LogP contribution >= 0.6 is 0 Å². The first-order chi connectivity index (χ1) is 30.2. The van der Waals surface area contributed by atoms with Crippen LogP contribution in [0.5, 0.6) is 0 Å². The molecule has 354 valence electrons. The van der Waals surface area contributed by atoms with Crippen molar-refractivity contribution in [1.29, 1.82) is 0 Å². The number of guanidine groups is 1. The molecule has 3 heterocycles. The third-order valence-corrected chi connectivity index (χ3v) is 10.3. The summed E-state index contributed by atoms with van der Waals surface area (Å²) in [6.45, 7) is 7.65. The zero-order valence-corrected chi connectivity index (χ0v) is 36.8. The molecule has 0 spiro atoms. The third kappa shape index (κ3) is 17.3. The van der Waals surface area contributed by atoms with Gasteiger partial charge in [-0.1, -0.05) is 27.7 Å². The highest BCUT2D eigenvalue weighted by molar-refractivity contribution is 5.97. The number of carbonyl (C=O) groups excluding carboxylic acids is 7. The maximum absolute atomic E-state index is 14.1. The van der Waals surface area contributed by atoms with Gasteiger partial charge in [-0.3, -0.25) is 38.6 Å². The number of aromatic nitrogens is 4. The second-order valence-electron chi connectivity index (χ2n) is 16.7. The number of aliphatic imine (C=N–C) groups is 1. The molecule has 0 aliphatic carbocycles. The van der Waals surface area contributed by atoms with E-state index < -0.39 is 89.6 Å². The van der Waals surface area contributed by atoms with Gasteiger partial charge in [0.2, 0.25) is 41.4 Å². The van der Waals surface area contributed by atoms with Crippen LogP contribution < -0.4 is 49.5 Å². The smallest absolute Gasteiger partial charge is 0.326 e. The predicted molar refractivity (Wildman–Crippen MR) is 232 cm³/mol. The molecule has 0 bridgehead atoms. The molecule has 1 fully saturated rings. The van der Waals surface area contributed by atoms with Crippen molar-refractivity contribution in [1.82, 2.24) is 51.4 Å². The lowest BCUT2D eigenvalue weighted by molar-refractivity contribution is -0.142. The van der Waals surface area contributed by atoms with E-state index in [1.165, 1.54) is 29.9 Å². The highest BCUT2D eigenvalue weighted by atomic mass is 16.4. The van der Waals surface area contributed by atoms with E-state index in [1.807, 2.05) is 27.7 Å². The third-order valence-electron chi connectivity index (χ3n) is 10.3. The number of amides is 7. The second-order valence-corrected chi connectivity index (χ2v) is 16.7. The molecule has 1 aliphatic heterocycles. The van der Waals surface area contributed by atoms with Crippen molar-refractivity contribution in [2.75, 3.05) is 13.1 Å². The summed E-state index contributed by atoms with van der Waals surface area (Å²) in [6.07, 6.45) is 6.56. The number of nitrogens with one attached hydrogen (secondary N) is 7. The fourth-order valence-corrected chi connectivity index (χ4v) is 7.11. The van der Waals surface area contributed by atoms with Crippen LogP contribution in [0.15, 0.2) is 30.0 Å². The summed E-state index contributed by atoms with van der Waals surface area (Å²) in [4.78, 5) is 125. The number of hydrogen-bond acceptors (Lipinski definition) is 12. The standard InChI is InChI=1S/C40H65N15O9/c1-21(2)13-27(51-33(57)26(7-5-11-47-40(43)44)50-37(61)31-8-6-12-55(31)38(62)25(41)9-10-32(42)56)34(58)52-28(14-22(3)4)35(59)53-29(15-23-17-45-19-48-23)36(60)54-30(39(63)64)16-24-18-46-20-49-24/h17-22,25-31H,5-16,41H2,1-4H3,(H2,42,56)(H,45,48)(H,46,49)(H,50,61)(H,51,57)(H,52,58)(H,53,59)(H,54,60)(H,63,64)(H4,43,44,47)/t25-,26-,27-,28-,29-,30-,31-/m0/s1. The molecule has 24 nitrogen and oxygen atoms in total. The fraction of sp³-hybridized carbons (Fsp3) is 0.625. The van der Waals surface area contributed by atoms with Gasteiger partial charge in [0, 0.05) is 56.1 Å². The van der Waals surface area contributed by atoms with Crippen LogP contribution in [0.2, 0.25) is 0 Å². The minimum atomic E-state index is -1.38. The first-order valence-electron chi connectivity index (χ1n) is 21.3. The molecule has 7 atom stereocenters. The van der Waals surface area contributed by atoms with Gasteiger partial charge in [0.05, 0.1) is 18.7 Å². The molecule has 16 N–H and O–H groups in total. The largest absolute Gasteiger partial charge is 0.480 e. The Morgan fingerprint density at radius 3 is 1.73 bits per heavy atom. The van der Waals surface area contributed by atoms with Crippen LogP contribution in [0.25, 0.3) is 0 Å². The molecule has 1 saturated heterocycles. The lowest BCUT2D eigenvalue weighted by Crippen LogP contribution is -2.60. The maximum atomic E-state index is 14.1. The molecule has 2 aromatic rings. The molecule has 0 saturated carbocycles. The van der Waals surface area contributed by atoms with Gasteiger partial charge in [0.25, 0.3) is 0 Å². The first-order valence-corrected chi connectivity index (χ1v) is 21.3. The Bertz CT molecular complexity index is 1900. The van der Waals surface area contributed by atoms with E-state index in [4.69, 9.17) is 22.9 Å². The highest BCUT2D eigenvalue weighted by Gasteiger charge is 2.39. The minimum absolute atomic E-state index is 0.00454. The minimum Gasteiger partial charge on any atom is -0.480 e. The summed E-state index contributed by atoms with van der Waals surface area (Å²) in [5.41, 5.74) is 23.1. The van der Waals surface area contributed by atoms with E-state index in [-0.39, 0.29) is 88.7 Å². The summed E-state index contributed by atoms with van der Waals surface area (Å²) in [5.74, 6) is -6.56. The van der Waals surface area contributed by atoms with Crippen LogP contribution in [0.1, 0.15) is 90.4 Å². The van der Waals surface area contributed by atoms with Gasteiger partial charge in [-0.15, -0.1) is 0 Å². The van der Waals surface area contributed by atoms with E-state index in [1.54, 1.807) is 0 Å². The second kappa shape index (κ2) is 25.5. The quantitative estimate of drug-likeness (QED) is 0.0244. The number of likely N-dealkylation sites (tertiary alicyclic amines) is 1. The Kier molecular flexibility index (Phi) is 20.6. The average molecular weight is 900 g/mol. The zero-order valence-electron chi connectivity index (χ0n) is 36.8. The van der Waals surface area contributed by atoms with E-state index in [9.17, 15) is 43.5 Å². The van der Waals surface area contributed by atoms with E-state index in [2.05, 4.69) is 51.5 Å². The number of rotatable bonds is 27. The zero-order chi connectivity index (χ0) is 47.5. The Morgan fingerprint density at radius 2 is 1.25 bits per heavy atom. The number of carboxylic acid groups (broad SMARTS) is 1. The number of nitrogens with two attached hydrogens (primary N) is 4. The Hall–Kier alpha value is -6.59. The van der Waals surface area contributed by atoms with E-state index >= 15 is 0 Å². The number of aliphatic carboxylic acids is 1. The number of nitrogens with zero attached hydrogens (tertiary/aromatic N) is 4. The predicted octanol–water partition coefficient (Wildman–Crippen LogP) is -2.84. The number of carbonyl (C=O) groups is 8. The van der Waals surface area contributed by atoms with Gasteiger partial charge >= 0.3 is 5.97 Å². The van der Waals surface area contributed by atoms with Gasteiger partial charge in [-0.05, 0) is 56.8 Å². The molecule has 0 aromatic carbocycles. The monoisotopic (exact) mass is 900 g/mol. The number of aromatic amines is 2. The van der Waals surface area contributed by atoms with Crippen LogP contribution in [0.4, 0.5) is 0 Å². The summed E-state index contributed by atoms with van der Waals surface area (Å²) < 4.78 is 0. The van der Waals surface area contributed by atoms with Crippen molar-refractivity contribution in [2.24, 2.45) is 39.8 Å². The molecular formula is C40H65N15O9.